The topological polar surface area (TPSA) is 69.0 Å². The zero-order valence-electron chi connectivity index (χ0n) is 18.0. The molecule has 4 rings (SSSR count). The number of thioether (sulfide) groups is 1. The van der Waals surface area contributed by atoms with Crippen LogP contribution < -0.4 is 10.1 Å². The van der Waals surface area contributed by atoms with Crippen LogP contribution in [0.1, 0.15) is 51.0 Å². The number of rotatable bonds is 8. The summed E-state index contributed by atoms with van der Waals surface area (Å²) in [4.78, 5) is 12.5. The molecule has 0 aliphatic heterocycles. The molecule has 0 spiro atoms. The van der Waals surface area contributed by atoms with E-state index in [0.29, 0.717) is 11.0 Å². The molecule has 1 aromatic heterocycles. The van der Waals surface area contributed by atoms with Crippen molar-refractivity contribution in [1.82, 2.24) is 20.1 Å². The maximum atomic E-state index is 14.1. The predicted molar refractivity (Wildman–Crippen MR) is 123 cm³/mol. The van der Waals surface area contributed by atoms with Gasteiger partial charge in [0.15, 0.2) is 28.7 Å². The van der Waals surface area contributed by atoms with Crippen molar-refractivity contribution in [2.75, 3.05) is 5.75 Å². The SMILES string of the molecule is CC(Oc1ccccc1F)c1nnc(SCC(=O)NC2CCCCC2)n1-c1ccccc1. The molecule has 168 valence electrons. The van der Waals surface area contributed by atoms with Crippen LogP contribution in [-0.4, -0.2) is 32.5 Å². The molecule has 1 aliphatic carbocycles. The van der Waals surface area contributed by atoms with E-state index >= 15 is 0 Å². The minimum atomic E-state index is -0.551. The van der Waals surface area contributed by atoms with Gasteiger partial charge in [-0.05, 0) is 44.0 Å². The molecule has 1 heterocycles. The number of carbonyl (C=O) groups is 1. The average molecular weight is 455 g/mol. The summed E-state index contributed by atoms with van der Waals surface area (Å²) >= 11 is 1.33. The second-order valence-corrected chi connectivity index (χ2v) is 8.84. The van der Waals surface area contributed by atoms with Crippen LogP contribution in [0.2, 0.25) is 0 Å². The fourth-order valence-corrected chi connectivity index (χ4v) is 4.66. The first-order chi connectivity index (χ1) is 15.6. The molecule has 6 nitrogen and oxygen atoms in total. The Balaban J connectivity index is 1.51. The van der Waals surface area contributed by atoms with Crippen molar-refractivity contribution >= 4 is 17.7 Å². The molecule has 1 atom stereocenters. The number of ether oxygens (including phenoxy) is 1. The minimum absolute atomic E-state index is 0.00159. The highest BCUT2D eigenvalue weighted by Crippen LogP contribution is 2.29. The number of nitrogens with one attached hydrogen (secondary N) is 1. The Kier molecular flexibility index (Phi) is 7.42. The highest BCUT2D eigenvalue weighted by Gasteiger charge is 2.23. The van der Waals surface area contributed by atoms with Crippen LogP contribution in [0.5, 0.6) is 5.75 Å². The number of amides is 1. The van der Waals surface area contributed by atoms with Gasteiger partial charge in [0.25, 0.3) is 0 Å². The molecule has 1 saturated carbocycles. The van der Waals surface area contributed by atoms with Gasteiger partial charge in [0, 0.05) is 11.7 Å². The summed E-state index contributed by atoms with van der Waals surface area (Å²) in [5.74, 6) is 0.517. The lowest BCUT2D eigenvalue weighted by Gasteiger charge is -2.22. The number of nitrogens with zero attached hydrogens (tertiary/aromatic N) is 3. The predicted octanol–water partition coefficient (Wildman–Crippen LogP) is 5.09. The van der Waals surface area contributed by atoms with Gasteiger partial charge in [0.2, 0.25) is 5.91 Å². The molecule has 2 aromatic carbocycles. The summed E-state index contributed by atoms with van der Waals surface area (Å²) in [5, 5.41) is 12.4. The Morgan fingerprint density at radius 2 is 1.84 bits per heavy atom. The lowest BCUT2D eigenvalue weighted by Crippen LogP contribution is -2.37. The van der Waals surface area contributed by atoms with E-state index in [4.69, 9.17) is 4.74 Å². The highest BCUT2D eigenvalue weighted by molar-refractivity contribution is 7.99. The van der Waals surface area contributed by atoms with E-state index in [1.54, 1.807) is 25.1 Å². The van der Waals surface area contributed by atoms with Crippen LogP contribution >= 0.6 is 11.8 Å². The molecular weight excluding hydrogens is 427 g/mol. The standard InChI is InChI=1S/C24H27FN4O2S/c1-17(31-21-15-9-8-14-20(21)25)23-27-28-24(29(23)19-12-6-3-7-13-19)32-16-22(30)26-18-10-4-2-5-11-18/h3,6-9,12-15,17-18H,2,4-5,10-11,16H2,1H3,(H,26,30). The summed E-state index contributed by atoms with van der Waals surface area (Å²) in [6.45, 7) is 1.81. The Bertz CT molecular complexity index is 1040. The van der Waals surface area contributed by atoms with Crippen molar-refractivity contribution in [3.05, 3.63) is 66.2 Å². The monoisotopic (exact) mass is 454 g/mol. The van der Waals surface area contributed by atoms with Gasteiger partial charge in [0.1, 0.15) is 0 Å². The fourth-order valence-electron chi connectivity index (χ4n) is 3.89. The Hall–Kier alpha value is -2.87. The number of aromatic nitrogens is 3. The molecule has 32 heavy (non-hydrogen) atoms. The second kappa shape index (κ2) is 10.6. The van der Waals surface area contributed by atoms with Crippen LogP contribution in [0.4, 0.5) is 4.39 Å². The highest BCUT2D eigenvalue weighted by atomic mass is 32.2. The summed E-state index contributed by atoms with van der Waals surface area (Å²) < 4.78 is 21.8. The van der Waals surface area contributed by atoms with Crippen LogP contribution in [0.15, 0.2) is 59.8 Å². The number of hydrogen-bond acceptors (Lipinski definition) is 5. The quantitative estimate of drug-likeness (QED) is 0.480. The first-order valence-electron chi connectivity index (χ1n) is 11.0. The zero-order valence-corrected chi connectivity index (χ0v) is 18.9. The van der Waals surface area contributed by atoms with Gasteiger partial charge in [-0.3, -0.25) is 9.36 Å². The van der Waals surface area contributed by atoms with Gasteiger partial charge < -0.3 is 10.1 Å². The molecule has 1 fully saturated rings. The number of para-hydroxylation sites is 2. The molecule has 0 bridgehead atoms. The number of benzene rings is 2. The summed E-state index contributed by atoms with van der Waals surface area (Å²) in [6, 6.07) is 16.2. The van der Waals surface area contributed by atoms with Gasteiger partial charge in [-0.2, -0.15) is 0 Å². The Morgan fingerprint density at radius 3 is 2.59 bits per heavy atom. The van der Waals surface area contributed by atoms with Gasteiger partial charge in [0.05, 0.1) is 5.75 Å². The van der Waals surface area contributed by atoms with Crippen molar-refractivity contribution in [2.45, 2.75) is 56.3 Å². The van der Waals surface area contributed by atoms with Crippen molar-refractivity contribution in [3.63, 3.8) is 0 Å². The summed E-state index contributed by atoms with van der Waals surface area (Å²) in [6.07, 6.45) is 5.13. The van der Waals surface area contributed by atoms with Crippen LogP contribution in [0, 0.1) is 5.82 Å². The third-order valence-electron chi connectivity index (χ3n) is 5.48. The molecular formula is C24H27FN4O2S. The Labute approximate surface area is 191 Å². The third kappa shape index (κ3) is 5.48. The largest absolute Gasteiger partial charge is 0.480 e. The van der Waals surface area contributed by atoms with E-state index in [1.165, 1.54) is 37.1 Å². The van der Waals surface area contributed by atoms with Crippen molar-refractivity contribution < 1.29 is 13.9 Å². The van der Waals surface area contributed by atoms with E-state index in [9.17, 15) is 9.18 Å². The maximum Gasteiger partial charge on any atom is 0.230 e. The maximum absolute atomic E-state index is 14.1. The van der Waals surface area contributed by atoms with E-state index in [2.05, 4.69) is 15.5 Å². The number of hydrogen-bond donors (Lipinski definition) is 1. The van der Waals surface area contributed by atoms with Crippen molar-refractivity contribution in [2.24, 2.45) is 0 Å². The minimum Gasteiger partial charge on any atom is -0.480 e. The lowest BCUT2D eigenvalue weighted by molar-refractivity contribution is -0.119. The first-order valence-corrected chi connectivity index (χ1v) is 11.9. The van der Waals surface area contributed by atoms with Crippen molar-refractivity contribution in [3.8, 4) is 11.4 Å². The van der Waals surface area contributed by atoms with E-state index in [0.717, 1.165) is 18.5 Å². The zero-order chi connectivity index (χ0) is 22.3. The molecule has 1 aliphatic rings. The molecule has 1 amide bonds. The van der Waals surface area contributed by atoms with Gasteiger partial charge in [-0.25, -0.2) is 4.39 Å². The smallest absolute Gasteiger partial charge is 0.230 e. The number of halogens is 1. The molecule has 0 radical (unpaired) electrons. The van der Waals surface area contributed by atoms with Crippen LogP contribution in [0.25, 0.3) is 5.69 Å². The number of carbonyl (C=O) groups excluding carboxylic acids is 1. The lowest BCUT2D eigenvalue weighted by atomic mass is 9.95. The normalized spacial score (nSPS) is 15.3. The van der Waals surface area contributed by atoms with E-state index < -0.39 is 11.9 Å². The van der Waals surface area contributed by atoms with Crippen LogP contribution in [-0.2, 0) is 4.79 Å². The van der Waals surface area contributed by atoms with Crippen LogP contribution in [0.3, 0.4) is 0 Å². The molecule has 3 aromatic rings. The van der Waals surface area contributed by atoms with Gasteiger partial charge >= 0.3 is 0 Å². The second-order valence-electron chi connectivity index (χ2n) is 7.89. The molecule has 0 saturated heterocycles. The summed E-state index contributed by atoms with van der Waals surface area (Å²) in [7, 11) is 0. The molecule has 1 unspecified atom stereocenters. The van der Waals surface area contributed by atoms with E-state index in [1.807, 2.05) is 34.9 Å². The fraction of sp³-hybridized carbons (Fsp3) is 0.375. The van der Waals surface area contributed by atoms with Gasteiger partial charge in [-0.15, -0.1) is 10.2 Å². The van der Waals surface area contributed by atoms with E-state index in [-0.39, 0.29) is 23.5 Å². The first kappa shape index (κ1) is 22.3. The molecule has 1 N–H and O–H groups in total. The third-order valence-corrected chi connectivity index (χ3v) is 6.41. The molecule has 8 heteroatoms. The summed E-state index contributed by atoms with van der Waals surface area (Å²) in [5.41, 5.74) is 0.853. The van der Waals surface area contributed by atoms with Crippen molar-refractivity contribution in [1.29, 1.82) is 0 Å². The van der Waals surface area contributed by atoms with Gasteiger partial charge in [-0.1, -0.05) is 61.4 Å². The Morgan fingerprint density at radius 1 is 1.12 bits per heavy atom. The average Bonchev–Trinajstić information content (AvgIpc) is 3.25.